The van der Waals surface area contributed by atoms with Gasteiger partial charge >= 0.3 is 0 Å². The highest BCUT2D eigenvalue weighted by Gasteiger charge is 2.09. The minimum atomic E-state index is 1.21. The molecule has 0 aromatic carbocycles. The monoisotopic (exact) mass is 254 g/mol. The Bertz CT molecular complexity index is 252. The highest BCUT2D eigenvalue weighted by atomic mass is 79.9. The van der Waals surface area contributed by atoms with Gasteiger partial charge in [0, 0.05) is 21.5 Å². The molecular formula is C13H19Br. The summed E-state index contributed by atoms with van der Waals surface area (Å²) in [5.74, 6) is 3.23. The van der Waals surface area contributed by atoms with E-state index in [1.807, 2.05) is 0 Å². The van der Waals surface area contributed by atoms with Gasteiger partial charge in [-0.2, -0.15) is 0 Å². The second-order valence-corrected chi connectivity index (χ2v) is 4.36. The molecule has 0 unspecified atom stereocenters. The summed E-state index contributed by atoms with van der Waals surface area (Å²) in [6, 6.07) is 0. The van der Waals surface area contributed by atoms with Gasteiger partial charge in [-0.3, -0.25) is 0 Å². The third kappa shape index (κ3) is 3.88. The van der Waals surface area contributed by atoms with Gasteiger partial charge in [0.25, 0.3) is 0 Å². The number of hydrogen-bond acceptors (Lipinski definition) is 0. The average Bonchev–Trinajstić information content (AvgIpc) is 2.41. The Morgan fingerprint density at radius 2 is 2.00 bits per heavy atom. The van der Waals surface area contributed by atoms with Crippen LogP contribution in [0.3, 0.4) is 0 Å². The van der Waals surface area contributed by atoms with Crippen LogP contribution in [0.5, 0.6) is 0 Å². The predicted octanol–water partition coefficient (Wildman–Crippen LogP) is 4.79. The Balaban J connectivity index is 2.69. The first-order valence-electron chi connectivity index (χ1n) is 5.71. The van der Waals surface area contributed by atoms with Crippen LogP contribution in [0.4, 0.5) is 0 Å². The Kier molecular flexibility index (Phi) is 6.03. The number of allylic oxidation sites excluding steroid dienone is 2. The van der Waals surface area contributed by atoms with Crippen LogP contribution in [-0.2, 0) is 0 Å². The second kappa shape index (κ2) is 7.12. The van der Waals surface area contributed by atoms with Crippen LogP contribution < -0.4 is 0 Å². The fourth-order valence-electron chi connectivity index (χ4n) is 2.02. The van der Waals surface area contributed by atoms with Crippen LogP contribution in [0.25, 0.3) is 0 Å². The summed E-state index contributed by atoms with van der Waals surface area (Å²) in [5, 5.41) is 0. The van der Waals surface area contributed by atoms with Gasteiger partial charge in [0.15, 0.2) is 0 Å². The van der Waals surface area contributed by atoms with Gasteiger partial charge in [0.1, 0.15) is 0 Å². The van der Waals surface area contributed by atoms with Crippen molar-refractivity contribution in [2.24, 2.45) is 0 Å². The molecule has 1 heteroatoms. The van der Waals surface area contributed by atoms with Gasteiger partial charge in [0.2, 0.25) is 0 Å². The number of hydrogen-bond donors (Lipinski definition) is 0. The summed E-state index contributed by atoms with van der Waals surface area (Å²) in [6.45, 7) is 2.26. The Labute approximate surface area is 96.3 Å². The van der Waals surface area contributed by atoms with E-state index in [1.165, 1.54) is 56.9 Å². The Morgan fingerprint density at radius 1 is 1.21 bits per heavy atom. The zero-order valence-corrected chi connectivity index (χ0v) is 10.6. The van der Waals surface area contributed by atoms with Crippen molar-refractivity contribution in [2.75, 3.05) is 0 Å². The molecule has 0 fully saturated rings. The maximum atomic E-state index is 3.23. The first-order chi connectivity index (χ1) is 6.88. The van der Waals surface area contributed by atoms with E-state index >= 15 is 0 Å². The molecule has 0 heterocycles. The average molecular weight is 255 g/mol. The van der Waals surface area contributed by atoms with Crippen LogP contribution in [0.1, 0.15) is 58.3 Å². The minimum absolute atomic E-state index is 1.21. The number of unbranched alkanes of at least 4 members (excludes halogenated alkanes) is 1. The smallest absolute Gasteiger partial charge is 0.0110 e. The first-order valence-corrected chi connectivity index (χ1v) is 6.50. The van der Waals surface area contributed by atoms with Crippen molar-refractivity contribution >= 4 is 15.9 Å². The molecule has 0 aromatic rings. The molecule has 0 aromatic heterocycles. The summed E-state index contributed by atoms with van der Waals surface area (Å²) < 4.78 is 0. The third-order valence-electron chi connectivity index (χ3n) is 2.86. The van der Waals surface area contributed by atoms with Crippen LogP contribution in [0.2, 0.25) is 0 Å². The predicted molar refractivity (Wildman–Crippen MR) is 66.3 cm³/mol. The summed E-state index contributed by atoms with van der Waals surface area (Å²) >= 11 is 3.21. The van der Waals surface area contributed by atoms with Gasteiger partial charge in [-0.05, 0) is 43.4 Å². The largest absolute Gasteiger partial charge is 0.0654 e. The molecule has 0 amide bonds. The fourth-order valence-corrected chi connectivity index (χ4v) is 2.26. The lowest BCUT2D eigenvalue weighted by Crippen LogP contribution is -1.89. The van der Waals surface area contributed by atoms with E-state index in [0.717, 1.165) is 0 Å². The topological polar surface area (TPSA) is 0 Å². The fraction of sp³-hybridized carbons (Fsp3) is 0.692. The van der Waals surface area contributed by atoms with Crippen LogP contribution in [0.15, 0.2) is 11.1 Å². The van der Waals surface area contributed by atoms with E-state index in [1.54, 1.807) is 5.57 Å². The number of rotatable bonds is 3. The molecule has 14 heavy (non-hydrogen) atoms. The van der Waals surface area contributed by atoms with Gasteiger partial charge in [-0.1, -0.05) is 31.3 Å². The van der Waals surface area contributed by atoms with Crippen molar-refractivity contribution in [2.45, 2.75) is 58.3 Å². The molecule has 0 nitrogen and oxygen atoms in total. The maximum absolute atomic E-state index is 3.23. The van der Waals surface area contributed by atoms with Crippen molar-refractivity contribution in [1.29, 1.82) is 0 Å². The maximum Gasteiger partial charge on any atom is 0.0110 e. The van der Waals surface area contributed by atoms with E-state index in [9.17, 15) is 0 Å². The molecule has 0 saturated heterocycles. The van der Waals surface area contributed by atoms with Crippen molar-refractivity contribution in [3.8, 4) is 10.8 Å². The van der Waals surface area contributed by atoms with E-state index in [-0.39, 0.29) is 0 Å². The molecule has 78 valence electrons. The molecule has 0 N–H and O–H groups in total. The zero-order valence-electron chi connectivity index (χ0n) is 9.03. The van der Waals surface area contributed by atoms with Crippen molar-refractivity contribution in [1.82, 2.24) is 0 Å². The molecule has 1 aliphatic carbocycles. The molecule has 0 spiro atoms. The molecule has 0 aliphatic heterocycles. The molecule has 1 rings (SSSR count). The van der Waals surface area contributed by atoms with Crippen molar-refractivity contribution in [3.05, 3.63) is 11.1 Å². The standard InChI is InChI=1S/C13H19Br/c1-2-3-7-12-8-5-4-6-9-13(12)10-11-14/h2-9H2,1H3. The van der Waals surface area contributed by atoms with Crippen molar-refractivity contribution in [3.63, 3.8) is 0 Å². The lowest BCUT2D eigenvalue weighted by molar-refractivity contribution is 0.689. The summed E-state index contributed by atoms with van der Waals surface area (Å²) in [4.78, 5) is 2.88. The van der Waals surface area contributed by atoms with Gasteiger partial charge in [-0.15, -0.1) is 0 Å². The molecule has 0 bridgehead atoms. The quantitative estimate of drug-likeness (QED) is 0.636. The summed E-state index contributed by atoms with van der Waals surface area (Å²) in [7, 11) is 0. The summed E-state index contributed by atoms with van der Waals surface area (Å²) in [5.41, 5.74) is 3.06. The van der Waals surface area contributed by atoms with Crippen LogP contribution in [-0.4, -0.2) is 0 Å². The molecular weight excluding hydrogens is 236 g/mol. The second-order valence-electron chi connectivity index (χ2n) is 3.97. The van der Waals surface area contributed by atoms with Crippen LogP contribution in [0, 0.1) is 10.8 Å². The van der Waals surface area contributed by atoms with Gasteiger partial charge < -0.3 is 0 Å². The van der Waals surface area contributed by atoms with Crippen LogP contribution >= 0.6 is 15.9 Å². The molecule has 0 radical (unpaired) electrons. The Morgan fingerprint density at radius 3 is 2.71 bits per heavy atom. The third-order valence-corrected chi connectivity index (χ3v) is 3.06. The SMILES string of the molecule is CCCCC1=C(C#CBr)CCCCC1. The lowest BCUT2D eigenvalue weighted by atomic mass is 9.99. The highest BCUT2D eigenvalue weighted by Crippen LogP contribution is 2.26. The first kappa shape index (κ1) is 11.9. The van der Waals surface area contributed by atoms with Crippen molar-refractivity contribution < 1.29 is 0 Å². The van der Waals surface area contributed by atoms with E-state index in [4.69, 9.17) is 0 Å². The zero-order chi connectivity index (χ0) is 10.2. The molecule has 1 aliphatic rings. The normalized spacial score (nSPS) is 17.3. The van der Waals surface area contributed by atoms with E-state index < -0.39 is 0 Å². The Hall–Kier alpha value is -0.220. The number of halogens is 1. The molecule has 0 atom stereocenters. The lowest BCUT2D eigenvalue weighted by Gasteiger charge is -2.06. The van der Waals surface area contributed by atoms with E-state index in [2.05, 4.69) is 33.6 Å². The van der Waals surface area contributed by atoms with Gasteiger partial charge in [-0.25, -0.2) is 0 Å². The minimum Gasteiger partial charge on any atom is -0.0654 e. The van der Waals surface area contributed by atoms with Gasteiger partial charge in [0.05, 0.1) is 0 Å². The summed E-state index contributed by atoms with van der Waals surface area (Å²) in [6.07, 6.45) is 10.5. The highest BCUT2D eigenvalue weighted by molar-refractivity contribution is 9.12. The van der Waals surface area contributed by atoms with E-state index in [0.29, 0.717) is 0 Å². The molecule has 0 saturated carbocycles.